The molecular weight excluding hydrogens is 362 g/mol. The van der Waals surface area contributed by atoms with Crippen LogP contribution in [0, 0.1) is 60.9 Å². The van der Waals surface area contributed by atoms with Crippen LogP contribution in [-0.2, 0) is 9.53 Å². The Kier molecular flexibility index (Phi) is 3.68. The van der Waals surface area contributed by atoms with Crippen LogP contribution in [0.2, 0.25) is 0 Å². The summed E-state index contributed by atoms with van der Waals surface area (Å²) in [4.78, 5) is 23.6. The molecule has 1 aliphatic carbocycles. The fourth-order valence-corrected chi connectivity index (χ4v) is 5.09. The zero-order valence-electron chi connectivity index (χ0n) is 14.7. The number of nitro groups is 1. The van der Waals surface area contributed by atoms with Gasteiger partial charge < -0.3 is 10.1 Å². The fourth-order valence-electron chi connectivity index (χ4n) is 5.09. The number of nitro benzene ring substituents is 1. The molecule has 0 spiro atoms. The molecule has 1 N–H and O–H groups in total. The maximum absolute atomic E-state index is 13.0. The van der Waals surface area contributed by atoms with E-state index in [9.17, 15) is 30.7 Å². The summed E-state index contributed by atoms with van der Waals surface area (Å²) in [6.07, 6.45) is 1.15. The molecule has 2 saturated heterocycles. The topological polar surface area (TPSA) is 153 Å². The number of hydrogen-bond acceptors (Lipinski definition) is 7. The van der Waals surface area contributed by atoms with Gasteiger partial charge in [0.1, 0.15) is 11.8 Å². The highest BCUT2D eigenvalue weighted by atomic mass is 16.6. The largest absolute Gasteiger partial charge is 0.345 e. The molecule has 1 aromatic carbocycles. The van der Waals surface area contributed by atoms with E-state index in [-0.39, 0.29) is 11.3 Å². The van der Waals surface area contributed by atoms with E-state index in [1.165, 1.54) is 24.3 Å². The summed E-state index contributed by atoms with van der Waals surface area (Å²) in [5.74, 6) is -1.32. The number of ether oxygens (including phenoxy) is 1. The molecule has 1 saturated carbocycles. The van der Waals surface area contributed by atoms with Crippen LogP contribution in [0.15, 0.2) is 24.3 Å². The first-order valence-electron chi connectivity index (χ1n) is 8.89. The molecule has 4 atom stereocenters. The number of hydrogen-bond donors (Lipinski definition) is 1. The fraction of sp³-hybridized carbons (Fsp3) is 0.474. The Labute approximate surface area is 160 Å². The molecule has 0 unspecified atom stereocenters. The predicted molar refractivity (Wildman–Crippen MR) is 91.5 cm³/mol. The quantitative estimate of drug-likeness (QED) is 0.612. The summed E-state index contributed by atoms with van der Waals surface area (Å²) < 4.78 is 6.23. The molecule has 3 fully saturated rings. The smallest absolute Gasteiger partial charge is 0.269 e. The lowest BCUT2D eigenvalue weighted by molar-refractivity contribution is -0.385. The number of benzene rings is 1. The number of carbonyl (C=O) groups is 1. The van der Waals surface area contributed by atoms with E-state index in [1.807, 2.05) is 18.2 Å². The van der Waals surface area contributed by atoms with E-state index in [2.05, 4.69) is 5.32 Å². The molecule has 9 heteroatoms. The Morgan fingerprint density at radius 2 is 1.96 bits per heavy atom. The van der Waals surface area contributed by atoms with Crippen molar-refractivity contribution < 1.29 is 14.5 Å². The van der Waals surface area contributed by atoms with Crippen LogP contribution in [0.5, 0.6) is 0 Å². The zero-order valence-corrected chi connectivity index (χ0v) is 14.7. The van der Waals surface area contributed by atoms with Crippen LogP contribution in [0.3, 0.4) is 0 Å². The highest BCUT2D eigenvalue weighted by molar-refractivity contribution is 5.92. The summed E-state index contributed by atoms with van der Waals surface area (Å²) in [6.45, 7) is 0. The molecule has 2 aliphatic heterocycles. The molecule has 9 nitrogen and oxygen atoms in total. The Balaban J connectivity index is 1.99. The number of rotatable bonds is 2. The van der Waals surface area contributed by atoms with E-state index in [4.69, 9.17) is 4.74 Å². The van der Waals surface area contributed by atoms with E-state index in [1.54, 1.807) is 0 Å². The summed E-state index contributed by atoms with van der Waals surface area (Å²) >= 11 is 0. The van der Waals surface area contributed by atoms with E-state index < -0.39 is 39.4 Å². The second-order valence-electron chi connectivity index (χ2n) is 7.44. The van der Waals surface area contributed by atoms with Crippen molar-refractivity contribution in [3.63, 3.8) is 0 Å². The third kappa shape index (κ3) is 1.88. The minimum Gasteiger partial charge on any atom is -0.345 e. The van der Waals surface area contributed by atoms with Crippen molar-refractivity contribution in [1.82, 2.24) is 5.32 Å². The minimum absolute atomic E-state index is 0.219. The van der Waals surface area contributed by atoms with Gasteiger partial charge in [-0.2, -0.15) is 15.8 Å². The van der Waals surface area contributed by atoms with Gasteiger partial charge in [0, 0.05) is 18.1 Å². The molecule has 0 aromatic heterocycles. The Morgan fingerprint density at radius 3 is 2.61 bits per heavy atom. The van der Waals surface area contributed by atoms with Crippen molar-refractivity contribution in [3.8, 4) is 18.2 Å². The van der Waals surface area contributed by atoms with E-state index in [0.717, 1.165) is 12.8 Å². The number of carbonyl (C=O) groups excluding carboxylic acids is 1. The van der Waals surface area contributed by atoms with Gasteiger partial charge in [0.05, 0.1) is 23.1 Å². The SMILES string of the molecule is N#CC1(C#N)[C@@H](c2cccc([N+](=O)[O-])c2)O[C@@]23CCCC[C@@H]2[C@@]1(C#N)C(=O)N3. The van der Waals surface area contributed by atoms with Gasteiger partial charge in [-0.15, -0.1) is 0 Å². The molecule has 140 valence electrons. The first-order valence-corrected chi connectivity index (χ1v) is 8.89. The monoisotopic (exact) mass is 377 g/mol. The first-order chi connectivity index (χ1) is 13.4. The maximum Gasteiger partial charge on any atom is 0.269 e. The molecule has 0 radical (unpaired) electrons. The number of nitrogens with one attached hydrogen (secondary N) is 1. The van der Waals surface area contributed by atoms with Crippen LogP contribution in [0.4, 0.5) is 5.69 Å². The maximum atomic E-state index is 13.0. The van der Waals surface area contributed by atoms with Crippen LogP contribution in [0.1, 0.15) is 37.4 Å². The van der Waals surface area contributed by atoms with Crippen molar-refractivity contribution in [3.05, 3.63) is 39.9 Å². The summed E-state index contributed by atoms with van der Waals surface area (Å²) in [5, 5.41) is 44.2. The number of non-ortho nitro benzene ring substituents is 1. The molecule has 1 amide bonds. The van der Waals surface area contributed by atoms with Gasteiger partial charge >= 0.3 is 0 Å². The van der Waals surface area contributed by atoms with Gasteiger partial charge in [-0.05, 0) is 24.8 Å². The zero-order chi connectivity index (χ0) is 20.2. The van der Waals surface area contributed by atoms with Crippen molar-refractivity contribution in [2.24, 2.45) is 16.7 Å². The highest BCUT2D eigenvalue weighted by Crippen LogP contribution is 2.67. The number of amides is 1. The second kappa shape index (κ2) is 5.76. The van der Waals surface area contributed by atoms with Crippen LogP contribution in [-0.4, -0.2) is 16.6 Å². The van der Waals surface area contributed by atoms with Crippen molar-refractivity contribution in [1.29, 1.82) is 15.8 Å². The predicted octanol–water partition coefficient (Wildman–Crippen LogP) is 2.23. The van der Waals surface area contributed by atoms with Gasteiger partial charge in [-0.1, -0.05) is 18.6 Å². The molecule has 4 rings (SSSR count). The molecule has 3 aliphatic rings. The van der Waals surface area contributed by atoms with Crippen LogP contribution < -0.4 is 5.32 Å². The second-order valence-corrected chi connectivity index (χ2v) is 7.44. The average molecular weight is 377 g/mol. The van der Waals surface area contributed by atoms with Gasteiger partial charge in [0.15, 0.2) is 5.41 Å². The van der Waals surface area contributed by atoms with Crippen LogP contribution in [0.25, 0.3) is 0 Å². The van der Waals surface area contributed by atoms with E-state index >= 15 is 0 Å². The number of nitriles is 3. The first kappa shape index (κ1) is 17.9. The van der Waals surface area contributed by atoms with Crippen molar-refractivity contribution >= 4 is 11.6 Å². The van der Waals surface area contributed by atoms with Gasteiger partial charge in [-0.3, -0.25) is 14.9 Å². The Bertz CT molecular complexity index is 1000. The summed E-state index contributed by atoms with van der Waals surface area (Å²) in [6, 6.07) is 11.3. The lowest BCUT2D eigenvalue weighted by Crippen LogP contribution is -2.61. The van der Waals surface area contributed by atoms with Crippen LogP contribution >= 0.6 is 0 Å². The molecule has 2 bridgehead atoms. The Hall–Kier alpha value is -3.48. The minimum atomic E-state index is -2.14. The third-order valence-corrected chi connectivity index (χ3v) is 6.32. The summed E-state index contributed by atoms with van der Waals surface area (Å²) in [7, 11) is 0. The van der Waals surface area contributed by atoms with Crippen molar-refractivity contribution in [2.45, 2.75) is 37.5 Å². The molecular formula is C19H15N5O4. The average Bonchev–Trinajstić information content (AvgIpc) is 2.92. The van der Waals surface area contributed by atoms with Gasteiger partial charge in [-0.25, -0.2) is 0 Å². The summed E-state index contributed by atoms with van der Waals surface area (Å²) in [5.41, 5.74) is -5.21. The van der Waals surface area contributed by atoms with Gasteiger partial charge in [0.2, 0.25) is 11.3 Å². The third-order valence-electron chi connectivity index (χ3n) is 6.32. The molecule has 1 aromatic rings. The van der Waals surface area contributed by atoms with E-state index in [0.29, 0.717) is 12.8 Å². The van der Waals surface area contributed by atoms with Gasteiger partial charge in [0.25, 0.3) is 5.69 Å². The Morgan fingerprint density at radius 1 is 1.21 bits per heavy atom. The number of nitrogens with zero attached hydrogens (tertiary/aromatic N) is 4. The molecule has 2 heterocycles. The standard InChI is InChI=1S/C19H15N5O4/c20-9-17(10-21)15(12-4-3-5-13(8-12)24(26)27)28-19-7-2-1-6-14(19)18(17,11-22)16(25)23-19/h3-5,8,14-15H,1-2,6-7H2,(H,23,25)/t14-,15-,18+,19+/m1/s1. The lowest BCUT2D eigenvalue weighted by Gasteiger charge is -2.52. The van der Waals surface area contributed by atoms with Crippen molar-refractivity contribution in [2.75, 3.05) is 0 Å². The molecule has 28 heavy (non-hydrogen) atoms. The normalized spacial score (nSPS) is 34.8. The highest BCUT2D eigenvalue weighted by Gasteiger charge is 2.80. The lowest BCUT2D eigenvalue weighted by atomic mass is 9.51.